The van der Waals surface area contributed by atoms with Gasteiger partial charge in [-0.3, -0.25) is 4.79 Å². The van der Waals surface area contributed by atoms with Crippen LogP contribution in [-0.2, 0) is 0 Å². The third-order valence-corrected chi connectivity index (χ3v) is 5.00. The maximum atomic E-state index is 13.9. The minimum absolute atomic E-state index is 0.134. The van der Waals surface area contributed by atoms with Crippen molar-refractivity contribution in [3.63, 3.8) is 0 Å². The Balaban J connectivity index is 1.30. The molecule has 28 heavy (non-hydrogen) atoms. The lowest BCUT2D eigenvalue weighted by molar-refractivity contribution is 0.0658. The van der Waals surface area contributed by atoms with Crippen LogP contribution in [0.5, 0.6) is 11.6 Å². The molecule has 1 amide bonds. The summed E-state index contributed by atoms with van der Waals surface area (Å²) in [5, 5.41) is 4.35. The maximum Gasteiger partial charge on any atom is 0.253 e. The zero-order valence-corrected chi connectivity index (χ0v) is 15.5. The Hall–Kier alpha value is -3.16. The van der Waals surface area contributed by atoms with Gasteiger partial charge in [-0.2, -0.15) is 0 Å². The topological polar surface area (TPSA) is 69.0 Å². The molecule has 0 aliphatic carbocycles. The van der Waals surface area contributed by atoms with Crippen LogP contribution in [0.25, 0.3) is 5.65 Å². The predicted molar refractivity (Wildman–Crippen MR) is 100 cm³/mol. The molecule has 8 heteroatoms. The fourth-order valence-electron chi connectivity index (χ4n) is 3.36. The molecule has 0 unspecified atom stereocenters. The molecule has 0 bridgehead atoms. The summed E-state index contributed by atoms with van der Waals surface area (Å²) < 4.78 is 26.2. The van der Waals surface area contributed by atoms with Gasteiger partial charge in [0, 0.05) is 37.1 Å². The van der Waals surface area contributed by atoms with Crippen LogP contribution < -0.4 is 9.47 Å². The highest BCUT2D eigenvalue weighted by Gasteiger charge is 2.24. The number of methoxy groups -OCH3 is 1. The molecular weight excluding hydrogens is 363 g/mol. The van der Waals surface area contributed by atoms with E-state index in [1.165, 1.54) is 19.2 Å². The lowest BCUT2D eigenvalue weighted by Crippen LogP contribution is -2.39. The van der Waals surface area contributed by atoms with Gasteiger partial charge in [-0.25, -0.2) is 13.9 Å². The van der Waals surface area contributed by atoms with E-state index < -0.39 is 5.82 Å². The number of fused-ring (bicyclic) bond motifs is 1. The van der Waals surface area contributed by atoms with E-state index in [9.17, 15) is 9.18 Å². The number of amides is 1. The van der Waals surface area contributed by atoms with Crippen molar-refractivity contribution in [1.29, 1.82) is 0 Å². The van der Waals surface area contributed by atoms with E-state index in [1.54, 1.807) is 33.9 Å². The molecule has 0 saturated carbocycles. The standard InChI is InChI=1S/C20H21FN4O3/c1-27-17-3-2-15(12-16(17)21)20(26)24-9-6-14(7-10-24)13-28-19-5-4-18-22-8-11-25(18)23-19/h2-5,8,11-12,14H,6-7,9-10,13H2,1H3. The Morgan fingerprint density at radius 3 is 2.82 bits per heavy atom. The highest BCUT2D eigenvalue weighted by molar-refractivity contribution is 5.94. The van der Waals surface area contributed by atoms with Crippen LogP contribution in [-0.4, -0.2) is 52.2 Å². The van der Waals surface area contributed by atoms with Gasteiger partial charge in [-0.1, -0.05) is 0 Å². The van der Waals surface area contributed by atoms with Gasteiger partial charge in [-0.05, 0) is 43.0 Å². The van der Waals surface area contributed by atoms with E-state index in [0.717, 1.165) is 18.5 Å². The van der Waals surface area contributed by atoms with E-state index in [2.05, 4.69) is 10.1 Å². The molecule has 1 aliphatic heterocycles. The van der Waals surface area contributed by atoms with Gasteiger partial charge in [0.1, 0.15) is 0 Å². The monoisotopic (exact) mass is 384 g/mol. The summed E-state index contributed by atoms with van der Waals surface area (Å²) in [7, 11) is 1.40. The molecule has 0 spiro atoms. The van der Waals surface area contributed by atoms with Gasteiger partial charge < -0.3 is 14.4 Å². The molecule has 1 aliphatic rings. The van der Waals surface area contributed by atoms with Crippen molar-refractivity contribution in [3.05, 3.63) is 54.1 Å². The fourth-order valence-corrected chi connectivity index (χ4v) is 3.36. The number of halogens is 1. The third kappa shape index (κ3) is 3.76. The van der Waals surface area contributed by atoms with Crippen molar-refractivity contribution in [2.45, 2.75) is 12.8 Å². The molecule has 0 radical (unpaired) electrons. The molecule has 2 aromatic heterocycles. The predicted octanol–water partition coefficient (Wildman–Crippen LogP) is 2.81. The number of carbonyl (C=O) groups is 1. The molecular formula is C20H21FN4O3. The summed E-state index contributed by atoms with van der Waals surface area (Å²) >= 11 is 0. The lowest BCUT2D eigenvalue weighted by atomic mass is 9.97. The van der Waals surface area contributed by atoms with Crippen LogP contribution in [0.2, 0.25) is 0 Å². The van der Waals surface area contributed by atoms with Crippen LogP contribution in [0.15, 0.2) is 42.7 Å². The molecule has 7 nitrogen and oxygen atoms in total. The highest BCUT2D eigenvalue weighted by Crippen LogP contribution is 2.23. The third-order valence-electron chi connectivity index (χ3n) is 5.00. The SMILES string of the molecule is COc1ccc(C(=O)N2CCC(COc3ccc4nccn4n3)CC2)cc1F. The van der Waals surface area contributed by atoms with Crippen LogP contribution in [0.4, 0.5) is 4.39 Å². The number of likely N-dealkylation sites (tertiary alicyclic amines) is 1. The molecule has 3 heterocycles. The number of carbonyl (C=O) groups excluding carboxylic acids is 1. The quantitative estimate of drug-likeness (QED) is 0.677. The van der Waals surface area contributed by atoms with Crippen LogP contribution >= 0.6 is 0 Å². The molecule has 0 atom stereocenters. The molecule has 0 N–H and O–H groups in total. The Morgan fingerprint density at radius 2 is 2.07 bits per heavy atom. The molecule has 1 fully saturated rings. The Labute approximate surface area is 161 Å². The number of ether oxygens (including phenoxy) is 2. The van der Waals surface area contributed by atoms with Gasteiger partial charge >= 0.3 is 0 Å². The smallest absolute Gasteiger partial charge is 0.253 e. The van der Waals surface area contributed by atoms with Crippen LogP contribution in [0.3, 0.4) is 0 Å². The Morgan fingerprint density at radius 1 is 1.25 bits per heavy atom. The first-order chi connectivity index (χ1) is 13.6. The van der Waals surface area contributed by atoms with E-state index in [4.69, 9.17) is 9.47 Å². The number of rotatable bonds is 5. The van der Waals surface area contributed by atoms with Crippen molar-refractivity contribution < 1.29 is 18.7 Å². The Kier molecular flexibility index (Phi) is 5.10. The van der Waals surface area contributed by atoms with E-state index in [0.29, 0.717) is 37.1 Å². The summed E-state index contributed by atoms with van der Waals surface area (Å²) in [6, 6.07) is 7.97. The minimum atomic E-state index is -0.529. The first-order valence-corrected chi connectivity index (χ1v) is 9.20. The van der Waals surface area contributed by atoms with E-state index in [1.807, 2.05) is 6.07 Å². The second kappa shape index (κ2) is 7.84. The average Bonchev–Trinajstić information content (AvgIpc) is 3.20. The first-order valence-electron chi connectivity index (χ1n) is 9.20. The number of hydrogen-bond acceptors (Lipinski definition) is 5. The molecule has 1 aromatic carbocycles. The minimum Gasteiger partial charge on any atom is -0.494 e. The second-order valence-electron chi connectivity index (χ2n) is 6.80. The molecule has 3 aromatic rings. The summed E-state index contributed by atoms with van der Waals surface area (Å²) in [6.07, 6.45) is 5.12. The lowest BCUT2D eigenvalue weighted by Gasteiger charge is -2.31. The number of piperidine rings is 1. The summed E-state index contributed by atoms with van der Waals surface area (Å²) in [5.74, 6) is 0.344. The fraction of sp³-hybridized carbons (Fsp3) is 0.350. The summed E-state index contributed by atoms with van der Waals surface area (Å²) in [5.41, 5.74) is 1.11. The van der Waals surface area contributed by atoms with Crippen molar-refractivity contribution >= 4 is 11.6 Å². The largest absolute Gasteiger partial charge is 0.494 e. The number of nitrogens with zero attached hydrogens (tertiary/aromatic N) is 4. The summed E-state index contributed by atoms with van der Waals surface area (Å²) in [4.78, 5) is 18.5. The average molecular weight is 384 g/mol. The van der Waals surface area contributed by atoms with Crippen molar-refractivity contribution in [2.24, 2.45) is 5.92 Å². The van der Waals surface area contributed by atoms with Crippen LogP contribution in [0.1, 0.15) is 23.2 Å². The maximum absolute atomic E-state index is 13.9. The van der Waals surface area contributed by atoms with E-state index >= 15 is 0 Å². The van der Waals surface area contributed by atoms with Crippen LogP contribution in [0, 0.1) is 11.7 Å². The van der Waals surface area contributed by atoms with Crippen molar-refractivity contribution in [2.75, 3.05) is 26.8 Å². The molecule has 1 saturated heterocycles. The summed E-state index contributed by atoms with van der Waals surface area (Å²) in [6.45, 7) is 1.79. The van der Waals surface area contributed by atoms with Gasteiger partial charge in [0.25, 0.3) is 5.91 Å². The van der Waals surface area contributed by atoms with Crippen molar-refractivity contribution in [1.82, 2.24) is 19.5 Å². The zero-order valence-electron chi connectivity index (χ0n) is 15.5. The number of benzene rings is 1. The normalized spacial score (nSPS) is 15.0. The number of hydrogen-bond donors (Lipinski definition) is 0. The van der Waals surface area contributed by atoms with Gasteiger partial charge in [-0.15, -0.1) is 5.10 Å². The first kappa shape index (κ1) is 18.2. The van der Waals surface area contributed by atoms with Crippen molar-refractivity contribution in [3.8, 4) is 11.6 Å². The molecule has 146 valence electrons. The van der Waals surface area contributed by atoms with Gasteiger partial charge in [0.15, 0.2) is 17.2 Å². The zero-order chi connectivity index (χ0) is 19.5. The number of imidazole rings is 1. The second-order valence-corrected chi connectivity index (χ2v) is 6.80. The number of aromatic nitrogens is 3. The molecule has 4 rings (SSSR count). The van der Waals surface area contributed by atoms with Gasteiger partial charge in [0.2, 0.25) is 5.88 Å². The Bertz CT molecular complexity index is 982. The van der Waals surface area contributed by atoms with Gasteiger partial charge in [0.05, 0.1) is 13.7 Å². The highest BCUT2D eigenvalue weighted by atomic mass is 19.1. The van der Waals surface area contributed by atoms with E-state index in [-0.39, 0.29) is 11.7 Å².